The fourth-order valence-corrected chi connectivity index (χ4v) is 2.61. The zero-order chi connectivity index (χ0) is 18.2. The first-order valence-electron chi connectivity index (χ1n) is 8.66. The van der Waals surface area contributed by atoms with Crippen molar-refractivity contribution >= 4 is 22.9 Å². The Hall–Kier alpha value is -3.14. The van der Waals surface area contributed by atoms with Crippen molar-refractivity contribution in [1.29, 1.82) is 0 Å². The maximum atomic E-state index is 10.5. The number of allylic oxidation sites excluding steroid dienone is 1. The topological polar surface area (TPSA) is 59.4 Å². The Balaban J connectivity index is 1.52. The average molecular weight is 347 g/mol. The van der Waals surface area contributed by atoms with Crippen LogP contribution in [0.25, 0.3) is 17.0 Å². The number of nitrogens with zero attached hydrogens (tertiary/aromatic N) is 1. The van der Waals surface area contributed by atoms with Crippen LogP contribution in [0.2, 0.25) is 0 Å². The molecule has 3 aromatic rings. The van der Waals surface area contributed by atoms with E-state index in [4.69, 9.17) is 9.84 Å². The zero-order valence-electron chi connectivity index (χ0n) is 14.5. The van der Waals surface area contributed by atoms with Gasteiger partial charge in [-0.1, -0.05) is 48.6 Å². The summed E-state index contributed by atoms with van der Waals surface area (Å²) in [5.41, 5.74) is 2.93. The Kier molecular flexibility index (Phi) is 5.99. The second-order valence-corrected chi connectivity index (χ2v) is 6.04. The summed E-state index contributed by atoms with van der Waals surface area (Å²) < 4.78 is 5.81. The van der Waals surface area contributed by atoms with Crippen molar-refractivity contribution in [3.8, 4) is 5.75 Å². The van der Waals surface area contributed by atoms with Gasteiger partial charge in [-0.15, -0.1) is 0 Å². The van der Waals surface area contributed by atoms with Gasteiger partial charge in [-0.05, 0) is 42.7 Å². The van der Waals surface area contributed by atoms with Crippen molar-refractivity contribution in [1.82, 2.24) is 4.98 Å². The van der Waals surface area contributed by atoms with Crippen molar-refractivity contribution in [2.45, 2.75) is 25.9 Å². The number of carboxylic acid groups (broad SMARTS) is 1. The number of aliphatic carboxylic acids is 1. The first-order chi connectivity index (χ1) is 12.7. The fourth-order valence-electron chi connectivity index (χ4n) is 2.61. The molecular weight excluding hydrogens is 326 g/mol. The molecule has 3 rings (SSSR count). The lowest BCUT2D eigenvalue weighted by molar-refractivity contribution is -0.137. The van der Waals surface area contributed by atoms with Gasteiger partial charge in [-0.3, -0.25) is 4.79 Å². The number of hydrogen-bond acceptors (Lipinski definition) is 3. The highest BCUT2D eigenvalue weighted by molar-refractivity contribution is 5.78. The molecule has 26 heavy (non-hydrogen) atoms. The van der Waals surface area contributed by atoms with Gasteiger partial charge in [0, 0.05) is 11.8 Å². The minimum atomic E-state index is -0.749. The molecule has 0 aliphatic rings. The van der Waals surface area contributed by atoms with E-state index in [9.17, 15) is 4.79 Å². The van der Waals surface area contributed by atoms with Gasteiger partial charge in [0.2, 0.25) is 0 Å². The number of ether oxygens (including phenoxy) is 1. The smallest absolute Gasteiger partial charge is 0.303 e. The fraction of sp³-hybridized carbons (Fsp3) is 0.182. The number of carbonyl (C=O) groups is 1. The van der Waals surface area contributed by atoms with Crippen LogP contribution < -0.4 is 4.74 Å². The third-order valence-electron chi connectivity index (χ3n) is 3.99. The Labute approximate surface area is 152 Å². The number of hydrogen-bond donors (Lipinski definition) is 1. The van der Waals surface area contributed by atoms with Crippen molar-refractivity contribution in [2.24, 2.45) is 0 Å². The quantitative estimate of drug-likeness (QED) is 0.577. The summed E-state index contributed by atoms with van der Waals surface area (Å²) in [5, 5.41) is 9.72. The summed E-state index contributed by atoms with van der Waals surface area (Å²) in [4.78, 5) is 15.1. The van der Waals surface area contributed by atoms with Gasteiger partial charge in [-0.25, -0.2) is 4.98 Å². The van der Waals surface area contributed by atoms with Crippen LogP contribution in [0.5, 0.6) is 5.75 Å². The molecule has 1 heterocycles. The van der Waals surface area contributed by atoms with Crippen molar-refractivity contribution in [3.05, 3.63) is 78.0 Å². The summed E-state index contributed by atoms with van der Waals surface area (Å²) >= 11 is 0. The molecule has 4 heteroatoms. The summed E-state index contributed by atoms with van der Waals surface area (Å²) in [6.45, 7) is 0.426. The minimum absolute atomic E-state index is 0.208. The standard InChI is InChI=1S/C22H21NO3/c24-22(25)9-3-1-2-6-17-10-14-20(15-11-17)26-16-19-13-12-18-7-4-5-8-21(18)23-19/h2,4-8,10-15H,1,3,9,16H2,(H,24,25). The number of pyridine rings is 1. The largest absolute Gasteiger partial charge is 0.487 e. The van der Waals surface area contributed by atoms with Gasteiger partial charge >= 0.3 is 5.97 Å². The highest BCUT2D eigenvalue weighted by Crippen LogP contribution is 2.17. The molecule has 0 fully saturated rings. The minimum Gasteiger partial charge on any atom is -0.487 e. The monoisotopic (exact) mass is 347 g/mol. The molecule has 1 aromatic heterocycles. The highest BCUT2D eigenvalue weighted by Gasteiger charge is 2.00. The maximum Gasteiger partial charge on any atom is 0.303 e. The van der Waals surface area contributed by atoms with Gasteiger partial charge in [0.1, 0.15) is 12.4 Å². The van der Waals surface area contributed by atoms with Gasteiger partial charge in [0.15, 0.2) is 0 Å². The van der Waals surface area contributed by atoms with E-state index in [1.165, 1.54) is 0 Å². The van der Waals surface area contributed by atoms with E-state index >= 15 is 0 Å². The van der Waals surface area contributed by atoms with Gasteiger partial charge in [0.25, 0.3) is 0 Å². The first-order valence-corrected chi connectivity index (χ1v) is 8.66. The van der Waals surface area contributed by atoms with E-state index in [1.807, 2.05) is 66.7 Å². The molecule has 0 saturated heterocycles. The van der Waals surface area contributed by atoms with E-state index < -0.39 is 5.97 Å². The molecule has 0 unspecified atom stereocenters. The lowest BCUT2D eigenvalue weighted by Crippen LogP contribution is -1.98. The Morgan fingerprint density at radius 3 is 2.65 bits per heavy atom. The molecule has 0 amide bonds. The molecule has 0 saturated carbocycles. The van der Waals surface area contributed by atoms with Gasteiger partial charge in [-0.2, -0.15) is 0 Å². The van der Waals surface area contributed by atoms with Crippen LogP contribution in [-0.4, -0.2) is 16.1 Å². The zero-order valence-corrected chi connectivity index (χ0v) is 14.5. The van der Waals surface area contributed by atoms with Crippen molar-refractivity contribution in [2.75, 3.05) is 0 Å². The summed E-state index contributed by atoms with van der Waals surface area (Å²) in [6, 6.07) is 19.9. The number of rotatable bonds is 8. The maximum absolute atomic E-state index is 10.5. The van der Waals surface area contributed by atoms with E-state index in [1.54, 1.807) is 0 Å². The molecular formula is C22H21NO3. The molecule has 0 bridgehead atoms. The summed E-state index contributed by atoms with van der Waals surface area (Å²) in [5.74, 6) is 0.0452. The lowest BCUT2D eigenvalue weighted by atomic mass is 10.1. The van der Waals surface area contributed by atoms with E-state index in [2.05, 4.69) is 11.1 Å². The van der Waals surface area contributed by atoms with Crippen LogP contribution in [0.15, 0.2) is 66.7 Å². The number of fused-ring (bicyclic) bond motifs is 1. The van der Waals surface area contributed by atoms with Crippen LogP contribution in [-0.2, 0) is 11.4 Å². The van der Waals surface area contributed by atoms with E-state index in [0.717, 1.165) is 34.3 Å². The number of benzene rings is 2. The first kappa shape index (κ1) is 17.7. The number of aromatic nitrogens is 1. The Morgan fingerprint density at radius 2 is 1.85 bits per heavy atom. The Bertz CT molecular complexity index is 901. The number of para-hydroxylation sites is 1. The molecule has 4 nitrogen and oxygen atoms in total. The molecule has 132 valence electrons. The van der Waals surface area contributed by atoms with Gasteiger partial charge < -0.3 is 9.84 Å². The molecule has 0 atom stereocenters. The molecule has 0 spiro atoms. The second kappa shape index (κ2) is 8.81. The molecule has 0 aliphatic carbocycles. The third-order valence-corrected chi connectivity index (χ3v) is 3.99. The molecule has 0 radical (unpaired) electrons. The van der Waals surface area contributed by atoms with Crippen LogP contribution >= 0.6 is 0 Å². The van der Waals surface area contributed by atoms with E-state index in [-0.39, 0.29) is 6.42 Å². The van der Waals surface area contributed by atoms with Crippen molar-refractivity contribution < 1.29 is 14.6 Å². The summed E-state index contributed by atoms with van der Waals surface area (Å²) in [7, 11) is 0. The lowest BCUT2D eigenvalue weighted by Gasteiger charge is -2.07. The predicted molar refractivity (Wildman–Crippen MR) is 103 cm³/mol. The SMILES string of the molecule is O=C(O)CCCC=Cc1ccc(OCc2ccc3ccccc3n2)cc1. The van der Waals surface area contributed by atoms with Crippen molar-refractivity contribution in [3.63, 3.8) is 0 Å². The van der Waals surface area contributed by atoms with Crippen LogP contribution in [0.3, 0.4) is 0 Å². The molecule has 1 N–H and O–H groups in total. The van der Waals surface area contributed by atoms with E-state index in [0.29, 0.717) is 13.0 Å². The predicted octanol–water partition coefficient (Wildman–Crippen LogP) is 5.08. The average Bonchev–Trinajstić information content (AvgIpc) is 2.66. The van der Waals surface area contributed by atoms with Crippen LogP contribution in [0.4, 0.5) is 0 Å². The normalized spacial score (nSPS) is 11.1. The number of carboxylic acids is 1. The highest BCUT2D eigenvalue weighted by atomic mass is 16.5. The number of unbranched alkanes of at least 4 members (excludes halogenated alkanes) is 1. The molecule has 2 aromatic carbocycles. The van der Waals surface area contributed by atoms with Crippen LogP contribution in [0.1, 0.15) is 30.5 Å². The van der Waals surface area contributed by atoms with Crippen LogP contribution in [0, 0.1) is 0 Å². The summed E-state index contributed by atoms with van der Waals surface area (Å²) in [6.07, 6.45) is 5.62. The third kappa shape index (κ3) is 5.18. The Morgan fingerprint density at radius 1 is 1.04 bits per heavy atom. The second-order valence-electron chi connectivity index (χ2n) is 6.04. The molecule has 0 aliphatic heterocycles. The van der Waals surface area contributed by atoms with Gasteiger partial charge in [0.05, 0.1) is 11.2 Å².